The number of carbonyl (C=O) groups is 1. The zero-order chi connectivity index (χ0) is 12.9. The molecule has 0 amide bonds. The number of aliphatic hydroxyl groups is 1. The van der Waals surface area contributed by atoms with Crippen molar-refractivity contribution < 1.29 is 19.5 Å². The molecule has 0 saturated heterocycles. The fourth-order valence-electron chi connectivity index (χ4n) is 1.88. The van der Waals surface area contributed by atoms with E-state index in [4.69, 9.17) is 5.11 Å². The Bertz CT molecular complexity index is 341. The van der Waals surface area contributed by atoms with Gasteiger partial charge in [0, 0.05) is 6.42 Å². The zero-order valence-corrected chi connectivity index (χ0v) is 9.82. The van der Waals surface area contributed by atoms with E-state index in [1.165, 1.54) is 5.54 Å². The van der Waals surface area contributed by atoms with Crippen molar-refractivity contribution >= 4 is 5.97 Å². The van der Waals surface area contributed by atoms with Crippen LogP contribution in [0.3, 0.4) is 0 Å². The maximum absolute atomic E-state index is 12.2. The summed E-state index contributed by atoms with van der Waals surface area (Å²) in [6, 6.07) is -1.23. The van der Waals surface area contributed by atoms with Crippen LogP contribution in [0.2, 0.25) is 0 Å². The monoisotopic (exact) mass is 243 g/mol. The Hall–Kier alpha value is -1.20. The molecule has 96 valence electrons. The summed E-state index contributed by atoms with van der Waals surface area (Å²) in [6.07, 6.45) is 7.17. The molecule has 0 fully saturated rings. The first-order valence-corrected chi connectivity index (χ1v) is 5.70. The molecule has 0 bridgehead atoms. The van der Waals surface area contributed by atoms with Gasteiger partial charge in [0.15, 0.2) is 0 Å². The van der Waals surface area contributed by atoms with E-state index in [0.717, 1.165) is 12.0 Å². The van der Waals surface area contributed by atoms with Crippen molar-refractivity contribution in [2.75, 3.05) is 0 Å². The van der Waals surface area contributed by atoms with Gasteiger partial charge in [0.25, 0.3) is 0 Å². The minimum absolute atomic E-state index is 0.0739. The number of hydrogen-bond acceptors (Lipinski definition) is 3. The van der Waals surface area contributed by atoms with E-state index < -0.39 is 17.6 Å². The van der Waals surface area contributed by atoms with Crippen molar-refractivity contribution in [3.63, 3.8) is 0 Å². The van der Waals surface area contributed by atoms with Gasteiger partial charge in [0.2, 0.25) is 0 Å². The first kappa shape index (κ1) is 13.9. The molecular weight excluding hydrogens is 225 g/mol. The van der Waals surface area contributed by atoms with E-state index in [2.05, 4.69) is 0 Å². The molecule has 0 aromatic heterocycles. The highest BCUT2D eigenvalue weighted by Crippen LogP contribution is 2.27. The summed E-state index contributed by atoms with van der Waals surface area (Å²) in [7, 11) is 0. The zero-order valence-electron chi connectivity index (χ0n) is 9.82. The highest BCUT2D eigenvalue weighted by molar-refractivity contribution is 5.73. The lowest BCUT2D eigenvalue weighted by atomic mass is 9.87. The molecule has 0 spiro atoms. The number of hydrogen-bond donors (Lipinski definition) is 3. The molecule has 1 unspecified atom stereocenters. The van der Waals surface area contributed by atoms with Crippen LogP contribution >= 0.6 is 0 Å². The predicted octanol–water partition coefficient (Wildman–Crippen LogP) is 1.72. The van der Waals surface area contributed by atoms with Crippen molar-refractivity contribution in [1.29, 1.82) is 0 Å². The molecular formula is C12H18FNO3. The van der Waals surface area contributed by atoms with Crippen molar-refractivity contribution in [3.8, 4) is 0 Å². The maximum atomic E-state index is 12.2. The van der Waals surface area contributed by atoms with Gasteiger partial charge >= 0.3 is 5.97 Å². The van der Waals surface area contributed by atoms with Gasteiger partial charge < -0.3 is 10.2 Å². The Morgan fingerprint density at radius 2 is 2.41 bits per heavy atom. The number of nitrogens with one attached hydrogen (secondary N) is 1. The lowest BCUT2D eigenvalue weighted by Gasteiger charge is -2.26. The summed E-state index contributed by atoms with van der Waals surface area (Å²) in [6.45, 7) is 1.98. The lowest BCUT2D eigenvalue weighted by molar-refractivity contribution is -0.140. The number of allylic oxidation sites excluding steroid dienone is 1. The minimum atomic E-state index is -1.23. The Balaban J connectivity index is 2.58. The molecule has 1 aliphatic rings. The van der Waals surface area contributed by atoms with E-state index in [1.807, 2.05) is 6.92 Å². The molecule has 4 nitrogen and oxygen atoms in total. The van der Waals surface area contributed by atoms with Gasteiger partial charge in [-0.1, -0.05) is 31.6 Å². The summed E-state index contributed by atoms with van der Waals surface area (Å²) in [5.41, 5.74) is 1.15. The van der Waals surface area contributed by atoms with E-state index in [1.54, 1.807) is 18.2 Å². The number of aliphatic carboxylic acids is 1. The summed E-state index contributed by atoms with van der Waals surface area (Å²) < 4.78 is 12.2. The largest absolute Gasteiger partial charge is 0.480 e. The quantitative estimate of drug-likeness (QED) is 0.621. The molecule has 17 heavy (non-hydrogen) atoms. The number of carboxylic acids is 1. The van der Waals surface area contributed by atoms with Crippen LogP contribution < -0.4 is 5.54 Å². The predicted molar refractivity (Wildman–Crippen MR) is 62.0 cm³/mol. The van der Waals surface area contributed by atoms with Crippen LogP contribution in [0.25, 0.3) is 0 Å². The standard InChI is InChI=1S/C12H18FNO3/c1-2-5-12(17)6-3-9(4-7-12)8-10(14-13)11(15)16/h3-4,6,10,14,17H,2,5,7-8H2,1H3,(H,15,16)/t10-,12?/m0/s1. The molecule has 1 rings (SSSR count). The fourth-order valence-corrected chi connectivity index (χ4v) is 1.88. The minimum Gasteiger partial charge on any atom is -0.480 e. The second kappa shape index (κ2) is 5.93. The molecule has 1 aliphatic carbocycles. The summed E-state index contributed by atoms with van der Waals surface area (Å²) >= 11 is 0. The van der Waals surface area contributed by atoms with Crippen molar-refractivity contribution in [2.24, 2.45) is 0 Å². The SMILES string of the molecule is CCCC1(O)C=CC(C[C@H](NF)C(=O)O)=CC1. The van der Waals surface area contributed by atoms with Crippen LogP contribution in [0.15, 0.2) is 23.8 Å². The number of rotatable bonds is 6. The smallest absolute Gasteiger partial charge is 0.323 e. The Morgan fingerprint density at radius 3 is 2.82 bits per heavy atom. The molecule has 2 atom stereocenters. The van der Waals surface area contributed by atoms with Gasteiger partial charge in [-0.3, -0.25) is 4.79 Å². The van der Waals surface area contributed by atoms with Crippen LogP contribution in [0.1, 0.15) is 32.6 Å². The molecule has 0 radical (unpaired) electrons. The van der Waals surface area contributed by atoms with Crippen LogP contribution in [0.4, 0.5) is 4.48 Å². The van der Waals surface area contributed by atoms with E-state index >= 15 is 0 Å². The molecule has 0 heterocycles. The average Bonchev–Trinajstić information content (AvgIpc) is 2.28. The highest BCUT2D eigenvalue weighted by atomic mass is 19.2. The average molecular weight is 243 g/mol. The van der Waals surface area contributed by atoms with Crippen LogP contribution in [0.5, 0.6) is 0 Å². The first-order valence-electron chi connectivity index (χ1n) is 5.70. The Labute approximate surface area is 99.8 Å². The second-order valence-electron chi connectivity index (χ2n) is 4.37. The Morgan fingerprint density at radius 1 is 1.71 bits per heavy atom. The van der Waals surface area contributed by atoms with Crippen molar-refractivity contribution in [1.82, 2.24) is 5.54 Å². The van der Waals surface area contributed by atoms with Crippen LogP contribution in [-0.4, -0.2) is 27.8 Å². The van der Waals surface area contributed by atoms with E-state index in [0.29, 0.717) is 12.8 Å². The van der Waals surface area contributed by atoms with Gasteiger partial charge in [0.1, 0.15) is 6.04 Å². The van der Waals surface area contributed by atoms with Gasteiger partial charge in [-0.15, -0.1) is 10.0 Å². The van der Waals surface area contributed by atoms with Gasteiger partial charge in [-0.2, -0.15) is 0 Å². The number of halogens is 1. The lowest BCUT2D eigenvalue weighted by Crippen LogP contribution is -2.32. The molecule has 0 aromatic carbocycles. The van der Waals surface area contributed by atoms with Crippen LogP contribution in [-0.2, 0) is 4.79 Å². The van der Waals surface area contributed by atoms with Crippen molar-refractivity contribution in [3.05, 3.63) is 23.8 Å². The van der Waals surface area contributed by atoms with E-state index in [-0.39, 0.29) is 6.42 Å². The van der Waals surface area contributed by atoms with Gasteiger partial charge in [-0.25, -0.2) is 0 Å². The summed E-state index contributed by atoms with van der Waals surface area (Å²) in [4.78, 5) is 10.6. The topological polar surface area (TPSA) is 69.6 Å². The van der Waals surface area contributed by atoms with Gasteiger partial charge in [0.05, 0.1) is 5.60 Å². The highest BCUT2D eigenvalue weighted by Gasteiger charge is 2.25. The van der Waals surface area contributed by atoms with Crippen molar-refractivity contribution in [2.45, 2.75) is 44.2 Å². The third kappa shape index (κ3) is 3.94. The third-order valence-corrected chi connectivity index (χ3v) is 2.88. The normalized spacial score (nSPS) is 25.5. The van der Waals surface area contributed by atoms with E-state index in [9.17, 15) is 14.4 Å². The third-order valence-electron chi connectivity index (χ3n) is 2.88. The number of carboxylic acid groups (broad SMARTS) is 1. The van der Waals surface area contributed by atoms with Crippen LogP contribution in [0, 0.1) is 0 Å². The van der Waals surface area contributed by atoms with Gasteiger partial charge in [-0.05, 0) is 18.4 Å². The fraction of sp³-hybridized carbons (Fsp3) is 0.583. The molecule has 0 aromatic rings. The summed E-state index contributed by atoms with van der Waals surface area (Å²) in [5, 5.41) is 18.7. The molecule has 0 saturated carbocycles. The molecule has 0 aliphatic heterocycles. The second-order valence-corrected chi connectivity index (χ2v) is 4.37. The summed E-state index contributed by atoms with van der Waals surface area (Å²) in [5.74, 6) is -1.23. The first-order chi connectivity index (χ1) is 8.00. The maximum Gasteiger partial charge on any atom is 0.323 e. The molecule has 3 N–H and O–H groups in total. The Kier molecular flexibility index (Phi) is 4.84. The molecule has 5 heteroatoms.